The average molecular weight is 303 g/mol. The summed E-state index contributed by atoms with van der Waals surface area (Å²) in [6.07, 6.45) is 10.1. The van der Waals surface area contributed by atoms with Crippen molar-refractivity contribution in [3.8, 4) is 0 Å². The molecule has 0 radical (unpaired) electrons. The molecule has 3 aromatic rings. The van der Waals surface area contributed by atoms with Crippen LogP contribution < -0.4 is 0 Å². The molecule has 0 aromatic carbocycles. The highest BCUT2D eigenvalue weighted by atomic mass is 32.1. The topological polar surface area (TPSA) is 55.4 Å². The number of hydrogen-bond donors (Lipinski definition) is 0. The van der Waals surface area contributed by atoms with Crippen LogP contribution in [0, 0.1) is 6.92 Å². The van der Waals surface area contributed by atoms with Gasteiger partial charge in [0.15, 0.2) is 4.96 Å². The van der Waals surface area contributed by atoms with Gasteiger partial charge in [-0.3, -0.25) is 9.20 Å². The molecule has 6 nitrogen and oxygen atoms in total. The van der Waals surface area contributed by atoms with E-state index < -0.39 is 0 Å². The Balaban J connectivity index is 1.57. The van der Waals surface area contributed by atoms with Crippen molar-refractivity contribution in [3.63, 3.8) is 0 Å². The predicted molar refractivity (Wildman–Crippen MR) is 81.6 cm³/mol. The summed E-state index contributed by atoms with van der Waals surface area (Å²) in [5, 5.41) is 0. The molecule has 3 rings (SSSR count). The zero-order valence-corrected chi connectivity index (χ0v) is 12.9. The van der Waals surface area contributed by atoms with Crippen LogP contribution in [-0.4, -0.2) is 43.3 Å². The molecule has 0 aliphatic carbocycles. The number of imidazole rings is 2. The molecule has 0 unspecified atom stereocenters. The van der Waals surface area contributed by atoms with Crippen LogP contribution in [-0.2, 0) is 6.54 Å². The van der Waals surface area contributed by atoms with Gasteiger partial charge in [0.2, 0.25) is 0 Å². The van der Waals surface area contributed by atoms with E-state index in [1.165, 1.54) is 11.3 Å². The Kier molecular flexibility index (Phi) is 3.74. The van der Waals surface area contributed by atoms with Gasteiger partial charge in [-0.25, -0.2) is 9.97 Å². The monoisotopic (exact) mass is 303 g/mol. The van der Waals surface area contributed by atoms with Gasteiger partial charge < -0.3 is 9.47 Å². The van der Waals surface area contributed by atoms with E-state index in [-0.39, 0.29) is 5.91 Å². The van der Waals surface area contributed by atoms with Crippen molar-refractivity contribution in [2.24, 2.45) is 0 Å². The van der Waals surface area contributed by atoms with Gasteiger partial charge in [-0.15, -0.1) is 0 Å². The first-order valence-corrected chi connectivity index (χ1v) is 7.62. The fourth-order valence-electron chi connectivity index (χ4n) is 2.23. The second-order valence-corrected chi connectivity index (χ2v) is 5.97. The van der Waals surface area contributed by atoms with Gasteiger partial charge >= 0.3 is 0 Å². The van der Waals surface area contributed by atoms with Crippen LogP contribution >= 0.6 is 11.3 Å². The molecule has 0 aliphatic rings. The zero-order valence-electron chi connectivity index (χ0n) is 12.1. The summed E-state index contributed by atoms with van der Waals surface area (Å²) in [4.78, 5) is 24.1. The maximum Gasteiger partial charge on any atom is 0.265 e. The Hall–Kier alpha value is -2.15. The largest absolute Gasteiger partial charge is 0.341 e. The number of nitrogens with zero attached hydrogens (tertiary/aromatic N) is 5. The van der Waals surface area contributed by atoms with E-state index in [1.807, 2.05) is 37.0 Å². The molecule has 0 atom stereocenters. The first kappa shape index (κ1) is 13.8. The zero-order chi connectivity index (χ0) is 14.8. The molecule has 7 heteroatoms. The van der Waals surface area contributed by atoms with E-state index in [9.17, 15) is 4.79 Å². The van der Waals surface area contributed by atoms with Gasteiger partial charge in [-0.05, 0) is 13.3 Å². The van der Waals surface area contributed by atoms with Crippen molar-refractivity contribution in [2.45, 2.75) is 19.9 Å². The molecule has 0 aliphatic heterocycles. The van der Waals surface area contributed by atoms with Crippen molar-refractivity contribution in [3.05, 3.63) is 41.7 Å². The molecule has 3 heterocycles. The van der Waals surface area contributed by atoms with Gasteiger partial charge in [-0.1, -0.05) is 11.3 Å². The SMILES string of the molecule is Cc1nccn1CCCN(C)C(=O)c1cn2ccnc2s1. The lowest BCUT2D eigenvalue weighted by molar-refractivity contribution is 0.0796. The highest BCUT2D eigenvalue weighted by Crippen LogP contribution is 2.17. The highest BCUT2D eigenvalue weighted by molar-refractivity contribution is 7.18. The normalized spacial score (nSPS) is 11.1. The third-order valence-electron chi connectivity index (χ3n) is 3.46. The Bertz CT molecular complexity index is 728. The van der Waals surface area contributed by atoms with Crippen LogP contribution in [0.4, 0.5) is 0 Å². The van der Waals surface area contributed by atoms with Crippen LogP contribution in [0.2, 0.25) is 0 Å². The van der Waals surface area contributed by atoms with E-state index in [0.29, 0.717) is 0 Å². The average Bonchev–Trinajstić information content (AvgIpc) is 3.14. The predicted octanol–water partition coefficient (Wildman–Crippen LogP) is 2.06. The van der Waals surface area contributed by atoms with E-state index >= 15 is 0 Å². The molecule has 3 aromatic heterocycles. The smallest absolute Gasteiger partial charge is 0.265 e. The Morgan fingerprint density at radius 1 is 1.33 bits per heavy atom. The van der Waals surface area contributed by atoms with Gasteiger partial charge in [0.25, 0.3) is 5.91 Å². The Morgan fingerprint density at radius 3 is 2.86 bits per heavy atom. The molecule has 0 bridgehead atoms. The number of carbonyl (C=O) groups excluding carboxylic acids is 1. The molecule has 0 spiro atoms. The quantitative estimate of drug-likeness (QED) is 0.725. The summed E-state index contributed by atoms with van der Waals surface area (Å²) in [6.45, 7) is 3.57. The molecular formula is C14H17N5OS. The van der Waals surface area contributed by atoms with E-state index in [4.69, 9.17) is 0 Å². The fourth-order valence-corrected chi connectivity index (χ4v) is 3.17. The number of aryl methyl sites for hydroxylation is 2. The van der Waals surface area contributed by atoms with Crippen molar-refractivity contribution < 1.29 is 4.79 Å². The lowest BCUT2D eigenvalue weighted by Crippen LogP contribution is -2.27. The van der Waals surface area contributed by atoms with E-state index in [0.717, 1.165) is 35.2 Å². The summed E-state index contributed by atoms with van der Waals surface area (Å²) in [5.74, 6) is 1.05. The van der Waals surface area contributed by atoms with Gasteiger partial charge in [0, 0.05) is 51.1 Å². The lowest BCUT2D eigenvalue weighted by Gasteiger charge is -2.16. The standard InChI is InChI=1S/C14H17N5OS/c1-11-15-4-8-18(11)7-3-6-17(2)13(20)12-10-19-9-5-16-14(19)21-12/h4-5,8-10H,3,6-7H2,1-2H3. The maximum atomic E-state index is 12.3. The second kappa shape index (κ2) is 5.69. The third-order valence-corrected chi connectivity index (χ3v) is 4.46. The highest BCUT2D eigenvalue weighted by Gasteiger charge is 2.15. The van der Waals surface area contributed by atoms with Crippen molar-refractivity contribution in [1.82, 2.24) is 23.8 Å². The van der Waals surface area contributed by atoms with Crippen LogP contribution in [0.5, 0.6) is 0 Å². The summed E-state index contributed by atoms with van der Waals surface area (Å²) < 4.78 is 3.97. The van der Waals surface area contributed by atoms with Crippen LogP contribution in [0.1, 0.15) is 21.9 Å². The number of hydrogen-bond acceptors (Lipinski definition) is 4. The summed E-state index contributed by atoms with van der Waals surface area (Å²) in [7, 11) is 1.84. The number of rotatable bonds is 5. The number of aromatic nitrogens is 4. The van der Waals surface area contributed by atoms with Crippen LogP contribution in [0.3, 0.4) is 0 Å². The molecule has 1 amide bonds. The third kappa shape index (κ3) is 2.82. The van der Waals surface area contributed by atoms with Crippen molar-refractivity contribution in [2.75, 3.05) is 13.6 Å². The number of thiazole rings is 1. The minimum absolute atomic E-state index is 0.0489. The first-order valence-electron chi connectivity index (χ1n) is 6.81. The number of carbonyl (C=O) groups is 1. The first-order chi connectivity index (χ1) is 10.1. The van der Waals surface area contributed by atoms with Crippen molar-refractivity contribution in [1.29, 1.82) is 0 Å². The minimum atomic E-state index is 0.0489. The molecule has 0 saturated carbocycles. The Labute approximate surface area is 126 Å². The van der Waals surface area contributed by atoms with Crippen molar-refractivity contribution >= 4 is 22.2 Å². The number of fused-ring (bicyclic) bond motifs is 1. The van der Waals surface area contributed by atoms with Crippen LogP contribution in [0.15, 0.2) is 31.0 Å². The summed E-state index contributed by atoms with van der Waals surface area (Å²) in [6, 6.07) is 0. The van der Waals surface area contributed by atoms with Gasteiger partial charge in [0.05, 0.1) is 0 Å². The van der Waals surface area contributed by atoms with Gasteiger partial charge in [-0.2, -0.15) is 0 Å². The van der Waals surface area contributed by atoms with Crippen LogP contribution in [0.25, 0.3) is 4.96 Å². The lowest BCUT2D eigenvalue weighted by atomic mass is 10.3. The Morgan fingerprint density at radius 2 is 2.14 bits per heavy atom. The molecule has 21 heavy (non-hydrogen) atoms. The van der Waals surface area contributed by atoms with E-state index in [2.05, 4.69) is 14.5 Å². The molecule has 0 N–H and O–H groups in total. The molecule has 110 valence electrons. The maximum absolute atomic E-state index is 12.3. The second-order valence-electron chi connectivity index (χ2n) is 4.96. The molecule has 0 fully saturated rings. The molecular weight excluding hydrogens is 286 g/mol. The summed E-state index contributed by atoms with van der Waals surface area (Å²) >= 11 is 1.42. The summed E-state index contributed by atoms with van der Waals surface area (Å²) in [5.41, 5.74) is 0. The molecule has 0 saturated heterocycles. The fraction of sp³-hybridized carbons (Fsp3) is 0.357. The number of amides is 1. The van der Waals surface area contributed by atoms with E-state index in [1.54, 1.807) is 17.3 Å². The minimum Gasteiger partial charge on any atom is -0.341 e. The van der Waals surface area contributed by atoms with Gasteiger partial charge in [0.1, 0.15) is 10.7 Å².